The third-order valence-electron chi connectivity index (χ3n) is 2.46. The van der Waals surface area contributed by atoms with Gasteiger partial charge in [-0.25, -0.2) is 0 Å². The molecular weight excluding hydrogens is 426 g/mol. The van der Waals surface area contributed by atoms with Crippen molar-refractivity contribution in [1.29, 1.82) is 0 Å². The van der Waals surface area contributed by atoms with Gasteiger partial charge in [0.25, 0.3) is 0 Å². The maximum atomic E-state index is 9.77. The molecule has 0 aliphatic rings. The van der Waals surface area contributed by atoms with E-state index in [1.807, 2.05) is 30.3 Å². The number of hydrogen-bond acceptors (Lipinski definition) is 2. The lowest BCUT2D eigenvalue weighted by Gasteiger charge is -2.12. The lowest BCUT2D eigenvalue weighted by molar-refractivity contribution is 0.469. The molecule has 0 saturated heterocycles. The SMILES string of the molecule is Oc1ccc(Br)cc1CNc1c(Br)cccc1Br. The maximum Gasteiger partial charge on any atom is 0.120 e. The maximum absolute atomic E-state index is 9.77. The number of anilines is 1. The normalized spacial score (nSPS) is 10.4. The zero-order chi connectivity index (χ0) is 13.1. The molecule has 2 N–H and O–H groups in total. The highest BCUT2D eigenvalue weighted by atomic mass is 79.9. The van der Waals surface area contributed by atoms with Gasteiger partial charge in [0.2, 0.25) is 0 Å². The monoisotopic (exact) mass is 433 g/mol. The van der Waals surface area contributed by atoms with E-state index >= 15 is 0 Å². The van der Waals surface area contributed by atoms with Crippen LogP contribution in [0.3, 0.4) is 0 Å². The number of rotatable bonds is 3. The van der Waals surface area contributed by atoms with Gasteiger partial charge in [0.1, 0.15) is 5.75 Å². The number of phenolic OH excluding ortho intramolecular Hbond substituents is 1. The summed E-state index contributed by atoms with van der Waals surface area (Å²) in [5, 5.41) is 13.1. The number of benzene rings is 2. The van der Waals surface area contributed by atoms with Crippen LogP contribution in [0.25, 0.3) is 0 Å². The van der Waals surface area contributed by atoms with Crippen molar-refractivity contribution in [3.63, 3.8) is 0 Å². The number of aromatic hydroxyl groups is 1. The Morgan fingerprint density at radius 1 is 1.00 bits per heavy atom. The average Bonchev–Trinajstić information content (AvgIpc) is 2.33. The van der Waals surface area contributed by atoms with Crippen LogP contribution in [0.5, 0.6) is 5.75 Å². The molecule has 94 valence electrons. The highest BCUT2D eigenvalue weighted by molar-refractivity contribution is 9.11. The lowest BCUT2D eigenvalue weighted by atomic mass is 10.2. The summed E-state index contributed by atoms with van der Waals surface area (Å²) < 4.78 is 2.90. The molecule has 0 radical (unpaired) electrons. The summed E-state index contributed by atoms with van der Waals surface area (Å²) in [5.74, 6) is 0.286. The van der Waals surface area contributed by atoms with Crippen LogP contribution in [0.15, 0.2) is 49.8 Å². The molecule has 0 unspecified atom stereocenters. The molecule has 0 aliphatic heterocycles. The van der Waals surface area contributed by atoms with E-state index in [0.29, 0.717) is 6.54 Å². The number of halogens is 3. The van der Waals surface area contributed by atoms with Crippen LogP contribution in [0.1, 0.15) is 5.56 Å². The van der Waals surface area contributed by atoms with E-state index in [1.54, 1.807) is 6.07 Å². The zero-order valence-electron chi connectivity index (χ0n) is 9.25. The number of phenols is 1. The Balaban J connectivity index is 2.19. The average molecular weight is 436 g/mol. The zero-order valence-corrected chi connectivity index (χ0v) is 14.0. The lowest BCUT2D eigenvalue weighted by Crippen LogP contribution is -2.01. The summed E-state index contributed by atoms with van der Waals surface area (Å²) in [7, 11) is 0. The van der Waals surface area contributed by atoms with Crippen LogP contribution in [-0.4, -0.2) is 5.11 Å². The first-order valence-corrected chi connectivity index (χ1v) is 7.61. The fourth-order valence-electron chi connectivity index (χ4n) is 1.55. The fourth-order valence-corrected chi connectivity index (χ4v) is 3.23. The highest BCUT2D eigenvalue weighted by Gasteiger charge is 2.06. The summed E-state index contributed by atoms with van der Waals surface area (Å²) in [5.41, 5.74) is 1.81. The second kappa shape index (κ2) is 6.08. The van der Waals surface area contributed by atoms with Crippen molar-refractivity contribution in [2.45, 2.75) is 6.54 Å². The Labute approximate surface area is 131 Å². The van der Waals surface area contributed by atoms with Crippen molar-refractivity contribution in [3.05, 3.63) is 55.4 Å². The van der Waals surface area contributed by atoms with Gasteiger partial charge in [-0.1, -0.05) is 22.0 Å². The summed E-state index contributed by atoms with van der Waals surface area (Å²) in [6.07, 6.45) is 0. The summed E-state index contributed by atoms with van der Waals surface area (Å²) in [4.78, 5) is 0. The molecule has 0 spiro atoms. The third-order valence-corrected chi connectivity index (χ3v) is 4.27. The smallest absolute Gasteiger partial charge is 0.120 e. The van der Waals surface area contributed by atoms with Crippen molar-refractivity contribution in [2.75, 3.05) is 5.32 Å². The predicted molar refractivity (Wildman–Crippen MR) is 85.0 cm³/mol. The molecular formula is C13H10Br3NO. The molecule has 0 bridgehead atoms. The molecule has 0 aromatic heterocycles. The highest BCUT2D eigenvalue weighted by Crippen LogP contribution is 2.31. The van der Waals surface area contributed by atoms with Gasteiger partial charge in [-0.2, -0.15) is 0 Å². The van der Waals surface area contributed by atoms with Gasteiger partial charge in [0.05, 0.1) is 5.69 Å². The molecule has 2 aromatic carbocycles. The fraction of sp³-hybridized carbons (Fsp3) is 0.0769. The van der Waals surface area contributed by atoms with Crippen molar-refractivity contribution >= 4 is 53.5 Å². The van der Waals surface area contributed by atoms with E-state index < -0.39 is 0 Å². The third kappa shape index (κ3) is 3.28. The van der Waals surface area contributed by atoms with Gasteiger partial charge in [-0.3, -0.25) is 0 Å². The molecule has 18 heavy (non-hydrogen) atoms. The van der Waals surface area contributed by atoms with E-state index in [-0.39, 0.29) is 5.75 Å². The van der Waals surface area contributed by atoms with E-state index in [4.69, 9.17) is 0 Å². The molecule has 2 nitrogen and oxygen atoms in total. The van der Waals surface area contributed by atoms with Gasteiger partial charge >= 0.3 is 0 Å². The molecule has 0 amide bonds. The largest absolute Gasteiger partial charge is 0.508 e. The Kier molecular flexibility index (Phi) is 4.70. The molecule has 0 atom stereocenters. The van der Waals surface area contributed by atoms with Crippen LogP contribution in [0, 0.1) is 0 Å². The van der Waals surface area contributed by atoms with Crippen LogP contribution < -0.4 is 5.32 Å². The Morgan fingerprint density at radius 2 is 1.67 bits per heavy atom. The van der Waals surface area contributed by atoms with Gasteiger partial charge in [0.15, 0.2) is 0 Å². The number of nitrogens with one attached hydrogen (secondary N) is 1. The topological polar surface area (TPSA) is 32.3 Å². The Hall–Kier alpha value is -0.520. The van der Waals surface area contributed by atoms with Gasteiger partial charge < -0.3 is 10.4 Å². The molecule has 0 saturated carbocycles. The summed E-state index contributed by atoms with van der Waals surface area (Å²) >= 11 is 10.4. The number of para-hydroxylation sites is 1. The minimum Gasteiger partial charge on any atom is -0.508 e. The van der Waals surface area contributed by atoms with Gasteiger partial charge in [0, 0.05) is 25.5 Å². The first-order chi connectivity index (χ1) is 8.58. The minimum atomic E-state index is 0.286. The minimum absolute atomic E-state index is 0.286. The molecule has 0 fully saturated rings. The first-order valence-electron chi connectivity index (χ1n) is 5.23. The molecule has 0 heterocycles. The quantitative estimate of drug-likeness (QED) is 0.686. The Bertz CT molecular complexity index is 552. The van der Waals surface area contributed by atoms with E-state index in [1.165, 1.54) is 0 Å². The molecule has 0 aliphatic carbocycles. The van der Waals surface area contributed by atoms with Crippen LogP contribution >= 0.6 is 47.8 Å². The second-order valence-electron chi connectivity index (χ2n) is 3.72. The predicted octanol–water partition coefficient (Wildman–Crippen LogP) is 5.29. The number of hydrogen-bond donors (Lipinski definition) is 2. The van der Waals surface area contributed by atoms with Crippen LogP contribution in [-0.2, 0) is 6.54 Å². The van der Waals surface area contributed by atoms with E-state index in [2.05, 4.69) is 53.1 Å². The molecule has 2 aromatic rings. The van der Waals surface area contributed by atoms with Crippen LogP contribution in [0.2, 0.25) is 0 Å². The summed E-state index contributed by atoms with van der Waals surface area (Å²) in [6, 6.07) is 11.3. The van der Waals surface area contributed by atoms with E-state index in [9.17, 15) is 5.11 Å². The molecule has 5 heteroatoms. The van der Waals surface area contributed by atoms with E-state index in [0.717, 1.165) is 24.7 Å². The van der Waals surface area contributed by atoms with Gasteiger partial charge in [-0.15, -0.1) is 0 Å². The van der Waals surface area contributed by atoms with Crippen molar-refractivity contribution in [1.82, 2.24) is 0 Å². The van der Waals surface area contributed by atoms with Crippen molar-refractivity contribution in [2.24, 2.45) is 0 Å². The van der Waals surface area contributed by atoms with Gasteiger partial charge in [-0.05, 0) is 62.2 Å². The first kappa shape index (κ1) is 13.9. The second-order valence-corrected chi connectivity index (χ2v) is 6.35. The van der Waals surface area contributed by atoms with Crippen molar-refractivity contribution < 1.29 is 5.11 Å². The Morgan fingerprint density at radius 3 is 2.33 bits per heavy atom. The standard InChI is InChI=1S/C13H10Br3NO/c14-9-4-5-12(18)8(6-9)7-17-13-10(15)2-1-3-11(13)16/h1-6,17-18H,7H2. The molecule has 2 rings (SSSR count). The van der Waals surface area contributed by atoms with Crippen LogP contribution in [0.4, 0.5) is 5.69 Å². The van der Waals surface area contributed by atoms with Crippen molar-refractivity contribution in [3.8, 4) is 5.75 Å². The summed E-state index contributed by atoms with van der Waals surface area (Å²) in [6.45, 7) is 0.548.